The molecule has 1 amide bonds. The molecule has 0 aliphatic rings. The molecule has 3 aromatic rings. The first kappa shape index (κ1) is 15.7. The molecule has 0 fully saturated rings. The van der Waals surface area contributed by atoms with Crippen molar-refractivity contribution in [2.45, 2.75) is 13.0 Å². The highest BCUT2D eigenvalue weighted by Gasteiger charge is 2.13. The average molecular weight is 322 g/mol. The summed E-state index contributed by atoms with van der Waals surface area (Å²) < 4.78 is 1.70. The maximum atomic E-state index is 11.9. The minimum absolute atomic E-state index is 0.00639. The van der Waals surface area contributed by atoms with Crippen molar-refractivity contribution in [3.05, 3.63) is 66.4 Å². The molecule has 2 aromatic heterocycles. The molecule has 2 N–H and O–H groups in total. The van der Waals surface area contributed by atoms with E-state index in [1.165, 1.54) is 6.33 Å². The number of rotatable bonds is 5. The Kier molecular flexibility index (Phi) is 4.51. The quantitative estimate of drug-likeness (QED) is 0.752. The smallest absolute Gasteiger partial charge is 0.254 e. The molecule has 7 nitrogen and oxygen atoms in total. The summed E-state index contributed by atoms with van der Waals surface area (Å²) in [5.41, 5.74) is 2.53. The van der Waals surface area contributed by atoms with Crippen LogP contribution in [0, 0.1) is 0 Å². The third-order valence-corrected chi connectivity index (χ3v) is 3.71. The molecular formula is C17H18N6O. The molecule has 1 atom stereocenters. The second-order valence-electron chi connectivity index (χ2n) is 5.28. The zero-order valence-electron chi connectivity index (χ0n) is 13.5. The van der Waals surface area contributed by atoms with Gasteiger partial charge in [0, 0.05) is 19.3 Å². The van der Waals surface area contributed by atoms with Crippen molar-refractivity contribution in [3.8, 4) is 5.69 Å². The highest BCUT2D eigenvalue weighted by Crippen LogP contribution is 2.21. The minimum Gasteiger partial charge on any atom is -0.363 e. The number of pyridine rings is 1. The van der Waals surface area contributed by atoms with Crippen LogP contribution in [0.1, 0.15) is 28.9 Å². The second-order valence-corrected chi connectivity index (χ2v) is 5.28. The van der Waals surface area contributed by atoms with Gasteiger partial charge in [-0.15, -0.1) is 0 Å². The highest BCUT2D eigenvalue weighted by molar-refractivity contribution is 5.98. The molecule has 7 heteroatoms. The van der Waals surface area contributed by atoms with Gasteiger partial charge in [0.25, 0.3) is 5.91 Å². The fourth-order valence-corrected chi connectivity index (χ4v) is 2.38. The fourth-order valence-electron chi connectivity index (χ4n) is 2.38. The van der Waals surface area contributed by atoms with Crippen LogP contribution in [0.4, 0.5) is 5.82 Å². The summed E-state index contributed by atoms with van der Waals surface area (Å²) in [7, 11) is 1.60. The van der Waals surface area contributed by atoms with E-state index in [1.54, 1.807) is 36.4 Å². The molecule has 3 rings (SSSR count). The molecule has 1 unspecified atom stereocenters. The fraction of sp³-hybridized carbons (Fsp3) is 0.176. The van der Waals surface area contributed by atoms with Crippen molar-refractivity contribution < 1.29 is 4.79 Å². The van der Waals surface area contributed by atoms with E-state index in [-0.39, 0.29) is 11.9 Å². The highest BCUT2D eigenvalue weighted by atomic mass is 16.1. The van der Waals surface area contributed by atoms with Gasteiger partial charge in [0.15, 0.2) is 0 Å². The Balaban J connectivity index is 1.78. The molecular weight excluding hydrogens is 304 g/mol. The Bertz CT molecular complexity index is 813. The monoisotopic (exact) mass is 322 g/mol. The summed E-state index contributed by atoms with van der Waals surface area (Å²) in [6, 6.07) is 11.4. The summed E-state index contributed by atoms with van der Waals surface area (Å²) in [5.74, 6) is 0.393. The number of anilines is 1. The summed E-state index contributed by atoms with van der Waals surface area (Å²) in [5, 5.41) is 10.0. The lowest BCUT2D eigenvalue weighted by atomic mass is 10.1. The molecule has 0 bridgehead atoms. The van der Waals surface area contributed by atoms with E-state index in [9.17, 15) is 4.79 Å². The second kappa shape index (κ2) is 6.91. The predicted molar refractivity (Wildman–Crippen MR) is 91.0 cm³/mol. The molecule has 0 saturated carbocycles. The Morgan fingerprint density at radius 1 is 1.21 bits per heavy atom. The van der Waals surface area contributed by atoms with E-state index in [2.05, 4.69) is 25.7 Å². The number of carbonyl (C=O) groups excluding carboxylic acids is 1. The number of hydrogen-bond acceptors (Lipinski definition) is 5. The number of benzene rings is 1. The predicted octanol–water partition coefficient (Wildman–Crippen LogP) is 2.20. The van der Waals surface area contributed by atoms with Gasteiger partial charge >= 0.3 is 0 Å². The lowest BCUT2D eigenvalue weighted by molar-refractivity contribution is 0.0963. The van der Waals surface area contributed by atoms with Gasteiger partial charge in [0.2, 0.25) is 0 Å². The third-order valence-electron chi connectivity index (χ3n) is 3.71. The summed E-state index contributed by atoms with van der Waals surface area (Å²) >= 11 is 0. The van der Waals surface area contributed by atoms with Gasteiger partial charge < -0.3 is 10.6 Å². The van der Waals surface area contributed by atoms with Crippen LogP contribution in [0.25, 0.3) is 5.69 Å². The van der Waals surface area contributed by atoms with Crippen LogP contribution in [0.15, 0.2) is 55.2 Å². The first-order valence-electron chi connectivity index (χ1n) is 7.57. The Hall–Kier alpha value is -3.22. The minimum atomic E-state index is -0.167. The maximum absolute atomic E-state index is 11.9. The van der Waals surface area contributed by atoms with Crippen LogP contribution in [-0.2, 0) is 0 Å². The zero-order chi connectivity index (χ0) is 16.9. The van der Waals surface area contributed by atoms with Gasteiger partial charge in [0.05, 0.1) is 11.3 Å². The molecule has 0 radical (unpaired) electrons. The molecule has 0 spiro atoms. The summed E-state index contributed by atoms with van der Waals surface area (Å²) in [6.45, 7) is 2.02. The topological polar surface area (TPSA) is 84.7 Å². The van der Waals surface area contributed by atoms with Crippen LogP contribution < -0.4 is 10.6 Å². The van der Waals surface area contributed by atoms with E-state index in [1.807, 2.05) is 31.2 Å². The average Bonchev–Trinajstić information content (AvgIpc) is 3.16. The molecule has 122 valence electrons. The summed E-state index contributed by atoms with van der Waals surface area (Å²) in [6.07, 6.45) is 4.81. The van der Waals surface area contributed by atoms with E-state index in [4.69, 9.17) is 0 Å². The van der Waals surface area contributed by atoms with Crippen molar-refractivity contribution >= 4 is 11.7 Å². The van der Waals surface area contributed by atoms with Gasteiger partial charge in [0.1, 0.15) is 18.5 Å². The van der Waals surface area contributed by atoms with Crippen molar-refractivity contribution in [2.75, 3.05) is 12.4 Å². The van der Waals surface area contributed by atoms with Crippen LogP contribution in [0.2, 0.25) is 0 Å². The van der Waals surface area contributed by atoms with Crippen molar-refractivity contribution in [1.29, 1.82) is 0 Å². The van der Waals surface area contributed by atoms with Crippen LogP contribution >= 0.6 is 0 Å². The standard InChI is InChI=1S/C17H18N6O/c1-12(22-16-15(17(24)18-2)4-3-9-20-16)13-5-7-14(8-6-13)23-11-19-10-21-23/h3-12H,1-2H3,(H,18,24)(H,20,22). The van der Waals surface area contributed by atoms with Crippen molar-refractivity contribution in [2.24, 2.45) is 0 Å². The van der Waals surface area contributed by atoms with E-state index in [0.29, 0.717) is 11.4 Å². The van der Waals surface area contributed by atoms with E-state index in [0.717, 1.165) is 11.3 Å². The van der Waals surface area contributed by atoms with Gasteiger partial charge in [-0.1, -0.05) is 12.1 Å². The lowest BCUT2D eigenvalue weighted by Crippen LogP contribution is -2.21. The molecule has 1 aromatic carbocycles. The molecule has 24 heavy (non-hydrogen) atoms. The van der Waals surface area contributed by atoms with Crippen molar-refractivity contribution in [3.63, 3.8) is 0 Å². The number of aromatic nitrogens is 4. The zero-order valence-corrected chi connectivity index (χ0v) is 13.5. The first-order chi connectivity index (χ1) is 11.7. The molecule has 0 saturated heterocycles. The number of nitrogens with one attached hydrogen (secondary N) is 2. The van der Waals surface area contributed by atoms with Crippen LogP contribution in [0.3, 0.4) is 0 Å². The van der Waals surface area contributed by atoms with Gasteiger partial charge in [-0.3, -0.25) is 4.79 Å². The number of nitrogens with zero attached hydrogens (tertiary/aromatic N) is 4. The Morgan fingerprint density at radius 3 is 2.67 bits per heavy atom. The third kappa shape index (κ3) is 3.24. The van der Waals surface area contributed by atoms with Gasteiger partial charge in [-0.05, 0) is 36.8 Å². The number of hydrogen-bond donors (Lipinski definition) is 2. The number of amides is 1. The maximum Gasteiger partial charge on any atom is 0.254 e. The van der Waals surface area contributed by atoms with Gasteiger partial charge in [-0.25, -0.2) is 14.6 Å². The molecule has 0 aliphatic heterocycles. The Labute approximate surface area is 139 Å². The molecule has 0 aliphatic carbocycles. The van der Waals surface area contributed by atoms with E-state index >= 15 is 0 Å². The normalized spacial score (nSPS) is 11.8. The lowest BCUT2D eigenvalue weighted by Gasteiger charge is -2.17. The van der Waals surface area contributed by atoms with E-state index < -0.39 is 0 Å². The molecule has 2 heterocycles. The van der Waals surface area contributed by atoms with Crippen molar-refractivity contribution in [1.82, 2.24) is 25.1 Å². The Morgan fingerprint density at radius 2 is 2.00 bits per heavy atom. The summed E-state index contributed by atoms with van der Waals surface area (Å²) in [4.78, 5) is 20.1. The largest absolute Gasteiger partial charge is 0.363 e. The SMILES string of the molecule is CNC(=O)c1cccnc1NC(C)c1ccc(-n2cncn2)cc1. The van der Waals surface area contributed by atoms with Crippen LogP contribution in [0.5, 0.6) is 0 Å². The first-order valence-corrected chi connectivity index (χ1v) is 7.57. The van der Waals surface area contributed by atoms with Gasteiger partial charge in [-0.2, -0.15) is 5.10 Å². The number of carbonyl (C=O) groups is 1. The van der Waals surface area contributed by atoms with Crippen LogP contribution in [-0.4, -0.2) is 32.7 Å².